The molecule has 0 saturated heterocycles. The van der Waals surface area contributed by atoms with Crippen molar-refractivity contribution in [2.45, 2.75) is 36.0 Å². The van der Waals surface area contributed by atoms with Gasteiger partial charge in [0.25, 0.3) is 11.6 Å². The summed E-state index contributed by atoms with van der Waals surface area (Å²) in [5.41, 5.74) is -1.07. The summed E-state index contributed by atoms with van der Waals surface area (Å²) in [6.07, 6.45) is -4.97. The van der Waals surface area contributed by atoms with Crippen LogP contribution in [-0.2, 0) is 38.6 Å². The van der Waals surface area contributed by atoms with Gasteiger partial charge in [-0.05, 0) is 48.2 Å². The van der Waals surface area contributed by atoms with Crippen LogP contribution in [-0.4, -0.2) is 43.9 Å². The molecule has 14 heteroatoms. The number of rotatable bonds is 13. The fourth-order valence-electron chi connectivity index (χ4n) is 4.53. The molecule has 0 heterocycles. The molecule has 0 aromatic heterocycles. The molecule has 46 heavy (non-hydrogen) atoms. The number of nitro benzene ring substituents is 1. The number of alkyl halides is 3. The largest absolute Gasteiger partial charge is 0.462 e. The topological polar surface area (TPSA) is 145 Å². The van der Waals surface area contributed by atoms with Gasteiger partial charge in [-0.15, -0.1) is 0 Å². The highest BCUT2D eigenvalue weighted by molar-refractivity contribution is 7.89. The van der Waals surface area contributed by atoms with Gasteiger partial charge < -0.3 is 10.1 Å². The Hall–Kier alpha value is -5.08. The second-order valence-corrected chi connectivity index (χ2v) is 11.8. The van der Waals surface area contributed by atoms with E-state index in [4.69, 9.17) is 4.74 Å². The number of nitro groups is 1. The lowest BCUT2D eigenvalue weighted by Crippen LogP contribution is -2.46. The molecule has 2 N–H and O–H groups in total. The monoisotopic (exact) mass is 655 g/mol. The van der Waals surface area contributed by atoms with Gasteiger partial charge in [0.15, 0.2) is 4.90 Å². The number of amides is 1. The first kappa shape index (κ1) is 33.8. The molecule has 4 aromatic carbocycles. The quantitative estimate of drug-likeness (QED) is 0.116. The minimum atomic E-state index is -4.97. The molecule has 4 rings (SSSR count). The van der Waals surface area contributed by atoms with Gasteiger partial charge in [0.05, 0.1) is 16.5 Å². The molecule has 0 spiro atoms. The molecule has 0 unspecified atom stereocenters. The van der Waals surface area contributed by atoms with E-state index in [0.29, 0.717) is 23.3 Å². The maximum Gasteiger partial charge on any atom is 0.416 e. The van der Waals surface area contributed by atoms with Crippen molar-refractivity contribution >= 4 is 27.6 Å². The molecule has 4 aromatic rings. The van der Waals surface area contributed by atoms with Crippen LogP contribution in [0, 0.1) is 10.1 Å². The minimum absolute atomic E-state index is 0.114. The first-order chi connectivity index (χ1) is 21.8. The molecule has 0 aliphatic heterocycles. The molecule has 0 fully saturated rings. The van der Waals surface area contributed by atoms with Crippen molar-refractivity contribution in [3.8, 4) is 0 Å². The van der Waals surface area contributed by atoms with E-state index in [1.807, 2.05) is 18.2 Å². The second-order valence-electron chi connectivity index (χ2n) is 10.2. The molecule has 10 nitrogen and oxygen atoms in total. The third-order valence-electron chi connectivity index (χ3n) is 6.76. The zero-order valence-electron chi connectivity index (χ0n) is 24.0. The van der Waals surface area contributed by atoms with E-state index in [2.05, 4.69) is 10.0 Å². The predicted molar refractivity (Wildman–Crippen MR) is 161 cm³/mol. The molecule has 0 saturated carbocycles. The lowest BCUT2D eigenvalue weighted by molar-refractivity contribution is -0.388. The SMILES string of the molecule is O=C(N[C@@H](COC(=O)[C@H](Cc1ccccc1)NS(=O)(=O)c1ccc(C(F)(F)F)cc1[N+](=O)[O-])Cc1ccccc1)c1ccccc1. The van der Waals surface area contributed by atoms with E-state index in [-0.39, 0.29) is 25.5 Å². The van der Waals surface area contributed by atoms with E-state index >= 15 is 0 Å². The number of hydrogen-bond donors (Lipinski definition) is 2. The van der Waals surface area contributed by atoms with Crippen LogP contribution in [0.4, 0.5) is 18.9 Å². The normalized spacial score (nSPS) is 12.9. The van der Waals surface area contributed by atoms with Crippen LogP contribution >= 0.6 is 0 Å². The van der Waals surface area contributed by atoms with Crippen molar-refractivity contribution in [1.29, 1.82) is 0 Å². The fourth-order valence-corrected chi connectivity index (χ4v) is 5.87. The standard InChI is InChI=1S/C32H28F3N3O7S/c33-32(34,35)25-16-17-29(28(20-25)38(41)42)46(43,44)37-27(19-23-12-6-2-7-13-23)31(40)45-21-26(18-22-10-4-1-5-11-22)36-30(39)24-14-8-3-9-15-24/h1-17,20,26-27,37H,18-19,21H2,(H,36,39)/t26-,27+/m1/s1. The van der Waals surface area contributed by atoms with Crippen LogP contribution in [0.15, 0.2) is 114 Å². The minimum Gasteiger partial charge on any atom is -0.462 e. The highest BCUT2D eigenvalue weighted by Crippen LogP contribution is 2.34. The van der Waals surface area contributed by atoms with Crippen molar-refractivity contribution in [3.05, 3.63) is 142 Å². The summed E-state index contributed by atoms with van der Waals surface area (Å²) in [5.74, 6) is -1.51. The number of nitrogens with zero attached hydrogens (tertiary/aromatic N) is 1. The van der Waals surface area contributed by atoms with Gasteiger partial charge in [-0.25, -0.2) is 8.42 Å². The van der Waals surface area contributed by atoms with E-state index < -0.39 is 61.2 Å². The van der Waals surface area contributed by atoms with E-state index in [9.17, 15) is 41.3 Å². The summed E-state index contributed by atoms with van der Waals surface area (Å²) in [4.78, 5) is 35.6. The van der Waals surface area contributed by atoms with Crippen LogP contribution in [0.5, 0.6) is 0 Å². The van der Waals surface area contributed by atoms with Crippen molar-refractivity contribution < 1.29 is 40.8 Å². The van der Waals surface area contributed by atoms with Crippen molar-refractivity contribution in [3.63, 3.8) is 0 Å². The number of ether oxygens (including phenoxy) is 1. The van der Waals surface area contributed by atoms with Gasteiger partial charge in [0.2, 0.25) is 10.0 Å². The van der Waals surface area contributed by atoms with Crippen molar-refractivity contribution in [1.82, 2.24) is 10.0 Å². The Bertz CT molecular complexity index is 1770. The zero-order chi connectivity index (χ0) is 33.3. The molecule has 0 bridgehead atoms. The Morgan fingerprint density at radius 3 is 1.91 bits per heavy atom. The van der Waals surface area contributed by atoms with Crippen LogP contribution < -0.4 is 10.0 Å². The molecule has 0 radical (unpaired) electrons. The Labute approximate surface area is 262 Å². The summed E-state index contributed by atoms with van der Waals surface area (Å²) < 4.78 is 73.9. The fraction of sp³-hybridized carbons (Fsp3) is 0.188. The number of nitrogens with one attached hydrogen (secondary N) is 2. The molecule has 0 aliphatic rings. The van der Waals surface area contributed by atoms with E-state index in [0.717, 1.165) is 5.56 Å². The highest BCUT2D eigenvalue weighted by Gasteiger charge is 2.37. The lowest BCUT2D eigenvalue weighted by atomic mass is 10.1. The Balaban J connectivity index is 1.59. The van der Waals surface area contributed by atoms with E-state index in [1.54, 1.807) is 72.8 Å². The first-order valence-electron chi connectivity index (χ1n) is 13.8. The summed E-state index contributed by atoms with van der Waals surface area (Å²) >= 11 is 0. The summed E-state index contributed by atoms with van der Waals surface area (Å²) in [7, 11) is -4.93. The molecule has 1 amide bonds. The van der Waals surface area contributed by atoms with Crippen LogP contribution in [0.1, 0.15) is 27.0 Å². The van der Waals surface area contributed by atoms with Gasteiger partial charge in [-0.1, -0.05) is 78.9 Å². The maximum atomic E-state index is 13.4. The smallest absolute Gasteiger partial charge is 0.416 e. The number of hydrogen-bond acceptors (Lipinski definition) is 7. The predicted octanol–water partition coefficient (Wildman–Crippen LogP) is 5.09. The number of esters is 1. The number of sulfonamides is 1. The zero-order valence-corrected chi connectivity index (χ0v) is 24.8. The Kier molecular flexibility index (Phi) is 10.9. The van der Waals surface area contributed by atoms with Gasteiger partial charge in [0, 0.05) is 11.6 Å². The van der Waals surface area contributed by atoms with Gasteiger partial charge in [-0.2, -0.15) is 17.9 Å². The molecular weight excluding hydrogens is 627 g/mol. The van der Waals surface area contributed by atoms with Gasteiger partial charge >= 0.3 is 12.1 Å². The molecular formula is C32H28F3N3O7S. The number of benzene rings is 4. The Morgan fingerprint density at radius 1 is 0.826 bits per heavy atom. The third kappa shape index (κ3) is 9.22. The number of carbonyl (C=O) groups excluding carboxylic acids is 2. The molecule has 240 valence electrons. The molecule has 2 atom stereocenters. The lowest BCUT2D eigenvalue weighted by Gasteiger charge is -2.22. The highest BCUT2D eigenvalue weighted by atomic mass is 32.2. The van der Waals surface area contributed by atoms with Gasteiger partial charge in [-0.3, -0.25) is 19.7 Å². The van der Waals surface area contributed by atoms with E-state index in [1.165, 1.54) is 0 Å². The average molecular weight is 656 g/mol. The molecule has 0 aliphatic carbocycles. The van der Waals surface area contributed by atoms with Crippen molar-refractivity contribution in [2.24, 2.45) is 0 Å². The number of halogens is 3. The summed E-state index contributed by atoms with van der Waals surface area (Å²) in [5, 5.41) is 14.4. The third-order valence-corrected chi connectivity index (χ3v) is 8.28. The average Bonchev–Trinajstić information content (AvgIpc) is 3.03. The summed E-state index contributed by atoms with van der Waals surface area (Å²) in [6.45, 7) is -0.375. The van der Waals surface area contributed by atoms with Gasteiger partial charge in [0.1, 0.15) is 12.6 Å². The van der Waals surface area contributed by atoms with Crippen LogP contribution in [0.25, 0.3) is 0 Å². The van der Waals surface area contributed by atoms with Crippen LogP contribution in [0.2, 0.25) is 0 Å². The maximum absolute atomic E-state index is 13.4. The van der Waals surface area contributed by atoms with Crippen LogP contribution in [0.3, 0.4) is 0 Å². The van der Waals surface area contributed by atoms with Crippen molar-refractivity contribution in [2.75, 3.05) is 6.61 Å². The summed E-state index contributed by atoms with van der Waals surface area (Å²) in [6, 6.07) is 24.1. The Morgan fingerprint density at radius 2 is 1.37 bits per heavy atom. The first-order valence-corrected chi connectivity index (χ1v) is 15.3. The number of carbonyl (C=O) groups is 2. The second kappa shape index (κ2) is 14.8.